The number of carbonyl (C=O) groups excluding carboxylic acids is 2. The zero-order valence-electron chi connectivity index (χ0n) is 23.5. The zero-order chi connectivity index (χ0) is 30.6. The third-order valence-corrected chi connectivity index (χ3v) is 9.73. The Morgan fingerprint density at radius 2 is 1.59 bits per heavy atom. The van der Waals surface area contributed by atoms with Gasteiger partial charge >= 0.3 is 5.91 Å². The van der Waals surface area contributed by atoms with Gasteiger partial charge in [0.2, 0.25) is 5.13 Å². The van der Waals surface area contributed by atoms with Crippen LogP contribution in [0, 0.1) is 6.92 Å². The summed E-state index contributed by atoms with van der Waals surface area (Å²) in [5.74, 6) is -0.669. The molecule has 2 heterocycles. The summed E-state index contributed by atoms with van der Waals surface area (Å²) in [6.45, 7) is 2.43. The van der Waals surface area contributed by atoms with Crippen LogP contribution in [-0.4, -0.2) is 27.0 Å². The van der Waals surface area contributed by atoms with E-state index in [0.717, 1.165) is 16.7 Å². The Kier molecular flexibility index (Phi) is 8.79. The number of Topliss-reactive ketones (excluding diaryl/α,β-unsaturated/α-hetero) is 1. The number of amides is 1. The van der Waals surface area contributed by atoms with Crippen LogP contribution in [0.1, 0.15) is 33.9 Å². The number of anilines is 1. The van der Waals surface area contributed by atoms with E-state index in [2.05, 4.69) is 10.2 Å². The average molecular weight is 640 g/mol. The topological polar surface area (TPSA) is 92.6 Å². The predicted molar refractivity (Wildman–Crippen MR) is 174 cm³/mol. The second-order valence-electron chi connectivity index (χ2n) is 10.0. The van der Waals surface area contributed by atoms with E-state index in [4.69, 9.17) is 16.3 Å². The van der Waals surface area contributed by atoms with Gasteiger partial charge in [0.1, 0.15) is 18.1 Å². The Balaban J connectivity index is 1.29. The summed E-state index contributed by atoms with van der Waals surface area (Å²) in [7, 11) is 0. The second kappa shape index (κ2) is 13.1. The third kappa shape index (κ3) is 6.12. The van der Waals surface area contributed by atoms with Gasteiger partial charge in [0.15, 0.2) is 4.34 Å². The summed E-state index contributed by atoms with van der Waals surface area (Å²) < 4.78 is 6.56. The first-order valence-electron chi connectivity index (χ1n) is 13.7. The molecule has 0 aliphatic carbocycles. The van der Waals surface area contributed by atoms with E-state index in [1.165, 1.54) is 28.0 Å². The molecule has 220 valence electrons. The van der Waals surface area contributed by atoms with Crippen molar-refractivity contribution in [1.29, 1.82) is 0 Å². The van der Waals surface area contributed by atoms with Gasteiger partial charge in [-0.15, -0.1) is 10.2 Å². The van der Waals surface area contributed by atoms with E-state index in [-0.39, 0.29) is 16.5 Å². The normalized spacial score (nSPS) is 16.0. The van der Waals surface area contributed by atoms with Crippen LogP contribution in [0.4, 0.5) is 5.13 Å². The van der Waals surface area contributed by atoms with Crippen molar-refractivity contribution in [3.8, 4) is 5.75 Å². The fourth-order valence-electron chi connectivity index (χ4n) is 4.89. The Morgan fingerprint density at radius 3 is 2.32 bits per heavy atom. The highest BCUT2D eigenvalue weighted by atomic mass is 35.5. The van der Waals surface area contributed by atoms with E-state index in [9.17, 15) is 14.7 Å². The smallest absolute Gasteiger partial charge is 0.301 e. The van der Waals surface area contributed by atoms with Crippen LogP contribution in [-0.2, 0) is 21.9 Å². The largest absolute Gasteiger partial charge is 0.507 e. The Bertz CT molecular complexity index is 1860. The molecule has 0 spiro atoms. The van der Waals surface area contributed by atoms with Crippen molar-refractivity contribution < 1.29 is 19.4 Å². The molecule has 0 bridgehead atoms. The standard InChI is InChI=1S/C34H26ClN3O4S2/c1-21-9-5-6-12-24(21)19-42-26-17-15-23(16-18-26)30(39)28-29(22-10-3-2-4-11-22)38(32(41)31(28)40)33-36-37-34(44-33)43-20-25-13-7-8-14-27(25)35/h2-18,29,39H,19-20H2,1H3. The van der Waals surface area contributed by atoms with E-state index >= 15 is 0 Å². The lowest BCUT2D eigenvalue weighted by atomic mass is 9.95. The van der Waals surface area contributed by atoms with Gasteiger partial charge in [-0.2, -0.15) is 0 Å². The van der Waals surface area contributed by atoms with Crippen LogP contribution in [0.2, 0.25) is 5.02 Å². The van der Waals surface area contributed by atoms with Crippen molar-refractivity contribution in [2.24, 2.45) is 0 Å². The number of thioether (sulfide) groups is 1. The SMILES string of the molecule is Cc1ccccc1COc1ccc(C(O)=C2C(=O)C(=O)N(c3nnc(SCc4ccccc4Cl)s3)C2c2ccccc2)cc1. The molecule has 1 unspecified atom stereocenters. The minimum absolute atomic E-state index is 0.0183. The molecule has 1 aromatic heterocycles. The van der Waals surface area contributed by atoms with Gasteiger partial charge < -0.3 is 9.84 Å². The summed E-state index contributed by atoms with van der Waals surface area (Å²) in [5, 5.41) is 20.9. The maximum atomic E-state index is 13.5. The Hall–Kier alpha value is -4.44. The molecule has 10 heteroatoms. The third-order valence-electron chi connectivity index (χ3n) is 7.25. The number of hydrogen-bond acceptors (Lipinski definition) is 8. The molecular formula is C34H26ClN3O4S2. The zero-order valence-corrected chi connectivity index (χ0v) is 25.9. The lowest BCUT2D eigenvalue weighted by molar-refractivity contribution is -0.132. The molecule has 1 aliphatic rings. The lowest BCUT2D eigenvalue weighted by Crippen LogP contribution is -2.29. The van der Waals surface area contributed by atoms with Crippen molar-refractivity contribution in [3.05, 3.63) is 142 Å². The summed E-state index contributed by atoms with van der Waals surface area (Å²) in [5.41, 5.74) is 4.19. The fraction of sp³-hybridized carbons (Fsp3) is 0.118. The van der Waals surface area contributed by atoms with Crippen LogP contribution < -0.4 is 9.64 Å². The number of hydrogen-bond donors (Lipinski definition) is 1. The molecule has 7 nitrogen and oxygen atoms in total. The van der Waals surface area contributed by atoms with Gasteiger partial charge in [-0.25, -0.2) is 0 Å². The van der Waals surface area contributed by atoms with Gasteiger partial charge in [-0.05, 0) is 59.5 Å². The first kappa shape index (κ1) is 29.6. The summed E-state index contributed by atoms with van der Waals surface area (Å²) in [6, 6.07) is 30.6. The van der Waals surface area contributed by atoms with E-state index in [1.807, 2.05) is 85.8 Å². The summed E-state index contributed by atoms with van der Waals surface area (Å²) in [4.78, 5) is 28.3. The van der Waals surface area contributed by atoms with Crippen molar-refractivity contribution in [2.75, 3.05) is 4.90 Å². The molecule has 1 fully saturated rings. The van der Waals surface area contributed by atoms with Crippen molar-refractivity contribution in [2.45, 2.75) is 29.7 Å². The van der Waals surface area contributed by atoms with Crippen LogP contribution in [0.25, 0.3) is 5.76 Å². The highest BCUT2D eigenvalue weighted by Gasteiger charge is 2.48. The number of benzene rings is 4. The number of carbonyl (C=O) groups is 2. The highest BCUT2D eigenvalue weighted by Crippen LogP contribution is 2.44. The number of aliphatic hydroxyl groups excluding tert-OH is 1. The number of aryl methyl sites for hydroxylation is 1. The predicted octanol–water partition coefficient (Wildman–Crippen LogP) is 8.00. The van der Waals surface area contributed by atoms with Crippen molar-refractivity contribution >= 4 is 57.3 Å². The van der Waals surface area contributed by atoms with Gasteiger partial charge in [-0.3, -0.25) is 14.5 Å². The molecular weight excluding hydrogens is 614 g/mol. The molecule has 44 heavy (non-hydrogen) atoms. The molecule has 6 rings (SSSR count). The maximum absolute atomic E-state index is 13.5. The monoisotopic (exact) mass is 639 g/mol. The number of nitrogens with zero attached hydrogens (tertiary/aromatic N) is 3. The van der Waals surface area contributed by atoms with E-state index in [1.54, 1.807) is 24.3 Å². The second-order valence-corrected chi connectivity index (χ2v) is 12.6. The minimum Gasteiger partial charge on any atom is -0.507 e. The van der Waals surface area contributed by atoms with Gasteiger partial charge in [0.05, 0.1) is 11.6 Å². The number of halogens is 1. The molecule has 1 atom stereocenters. The number of aromatic nitrogens is 2. The minimum atomic E-state index is -0.887. The highest BCUT2D eigenvalue weighted by molar-refractivity contribution is 8.00. The number of ketones is 1. The number of ether oxygens (including phenoxy) is 1. The molecule has 1 aliphatic heterocycles. The fourth-order valence-corrected chi connectivity index (χ4v) is 7.04. The van der Waals surface area contributed by atoms with Gasteiger partial charge in [0.25, 0.3) is 5.78 Å². The van der Waals surface area contributed by atoms with Crippen LogP contribution in [0.15, 0.2) is 113 Å². The summed E-state index contributed by atoms with van der Waals surface area (Å²) >= 11 is 8.95. The molecule has 0 radical (unpaired) electrons. The Morgan fingerprint density at radius 1 is 0.909 bits per heavy atom. The Labute approximate surface area is 267 Å². The number of aliphatic hydroxyl groups is 1. The molecule has 1 saturated heterocycles. The van der Waals surface area contributed by atoms with Crippen LogP contribution >= 0.6 is 34.7 Å². The van der Waals surface area contributed by atoms with Gasteiger partial charge in [-0.1, -0.05) is 107 Å². The first-order chi connectivity index (χ1) is 21.4. The van der Waals surface area contributed by atoms with Crippen molar-refractivity contribution in [3.63, 3.8) is 0 Å². The molecule has 1 N–H and O–H groups in total. The van der Waals surface area contributed by atoms with E-state index < -0.39 is 17.7 Å². The van der Waals surface area contributed by atoms with Gasteiger partial charge in [0, 0.05) is 16.3 Å². The molecule has 1 amide bonds. The molecule has 4 aromatic carbocycles. The maximum Gasteiger partial charge on any atom is 0.301 e. The van der Waals surface area contributed by atoms with Crippen LogP contribution in [0.5, 0.6) is 5.75 Å². The lowest BCUT2D eigenvalue weighted by Gasteiger charge is -2.22. The average Bonchev–Trinajstić information content (AvgIpc) is 3.62. The van der Waals surface area contributed by atoms with Crippen LogP contribution in [0.3, 0.4) is 0 Å². The first-order valence-corrected chi connectivity index (χ1v) is 15.9. The van der Waals surface area contributed by atoms with E-state index in [0.29, 0.717) is 38.6 Å². The quantitative estimate of drug-likeness (QED) is 0.0574. The van der Waals surface area contributed by atoms with Crippen molar-refractivity contribution in [1.82, 2.24) is 10.2 Å². The molecule has 0 saturated carbocycles. The number of rotatable bonds is 9. The summed E-state index contributed by atoms with van der Waals surface area (Å²) in [6.07, 6.45) is 0. The molecule has 5 aromatic rings.